The Labute approximate surface area is 204 Å². The Balaban J connectivity index is 1.63. The molecule has 6 rings (SSSR count). The number of halogens is 1. The highest BCUT2D eigenvalue weighted by atomic mass is 32.1. The van der Waals surface area contributed by atoms with Crippen LogP contribution in [0.1, 0.15) is 34.7 Å². The van der Waals surface area contributed by atoms with Gasteiger partial charge >= 0.3 is 0 Å². The number of fused-ring (bicyclic) bond motifs is 3. The third-order valence-electron chi connectivity index (χ3n) is 6.57. The van der Waals surface area contributed by atoms with Gasteiger partial charge in [-0.2, -0.15) is 0 Å². The Hall–Kier alpha value is -3.97. The molecule has 1 aliphatic carbocycles. The number of phenolic OH excluding ortho intramolecular Hbond substituents is 1. The third-order valence-corrected chi connectivity index (χ3v) is 7.56. The van der Waals surface area contributed by atoms with Crippen LogP contribution in [0.3, 0.4) is 0 Å². The first-order chi connectivity index (χ1) is 17.0. The molecule has 35 heavy (non-hydrogen) atoms. The molecule has 1 unspecified atom stereocenters. The second-order valence-electron chi connectivity index (χ2n) is 8.57. The molecule has 2 heterocycles. The number of ether oxygens (including phenoxy) is 1. The van der Waals surface area contributed by atoms with Crippen LogP contribution in [0, 0.1) is 5.82 Å². The fourth-order valence-corrected chi connectivity index (χ4v) is 5.95. The van der Waals surface area contributed by atoms with Gasteiger partial charge in [-0.05, 0) is 53.8 Å². The normalized spacial score (nSPS) is 16.9. The molecular weight excluding hydrogens is 463 g/mol. The van der Waals surface area contributed by atoms with Gasteiger partial charge in [-0.15, -0.1) is 0 Å². The molecule has 0 fully saturated rings. The van der Waals surface area contributed by atoms with Crippen LogP contribution < -0.4 is 19.6 Å². The van der Waals surface area contributed by atoms with Crippen molar-refractivity contribution in [1.29, 1.82) is 0 Å². The van der Waals surface area contributed by atoms with E-state index >= 15 is 0 Å². The lowest BCUT2D eigenvalue weighted by atomic mass is 9.83. The summed E-state index contributed by atoms with van der Waals surface area (Å²) in [4.78, 5) is 19.2. The highest BCUT2D eigenvalue weighted by molar-refractivity contribution is 7.07. The number of allylic oxidation sites excluding steroid dienone is 1. The van der Waals surface area contributed by atoms with E-state index in [4.69, 9.17) is 9.73 Å². The minimum Gasteiger partial charge on any atom is -0.504 e. The van der Waals surface area contributed by atoms with Gasteiger partial charge in [0.05, 0.1) is 23.4 Å². The molecule has 0 spiro atoms. The van der Waals surface area contributed by atoms with Crippen molar-refractivity contribution in [2.24, 2.45) is 4.99 Å². The van der Waals surface area contributed by atoms with Crippen molar-refractivity contribution in [3.63, 3.8) is 0 Å². The molecule has 4 aromatic rings. The van der Waals surface area contributed by atoms with Crippen LogP contribution >= 0.6 is 11.3 Å². The second kappa shape index (κ2) is 8.36. The Bertz CT molecular complexity index is 1700. The Morgan fingerprint density at radius 2 is 1.94 bits per heavy atom. The van der Waals surface area contributed by atoms with Crippen LogP contribution in [0.4, 0.5) is 4.39 Å². The number of rotatable bonds is 3. The quantitative estimate of drug-likeness (QED) is 0.475. The minimum absolute atomic E-state index is 0.0317. The van der Waals surface area contributed by atoms with Crippen molar-refractivity contribution in [3.8, 4) is 11.5 Å². The molecule has 0 saturated carbocycles. The van der Waals surface area contributed by atoms with Gasteiger partial charge in [0.2, 0.25) is 0 Å². The lowest BCUT2D eigenvalue weighted by Crippen LogP contribution is -2.38. The van der Waals surface area contributed by atoms with Crippen LogP contribution in [0.25, 0.3) is 11.8 Å². The lowest BCUT2D eigenvalue weighted by Gasteiger charge is -2.30. The molecule has 1 N–H and O–H groups in total. The summed E-state index contributed by atoms with van der Waals surface area (Å²) >= 11 is 1.26. The number of phenols is 1. The first-order valence-corrected chi connectivity index (χ1v) is 12.1. The van der Waals surface area contributed by atoms with Crippen LogP contribution in [0.2, 0.25) is 0 Å². The van der Waals surface area contributed by atoms with Gasteiger partial charge in [-0.1, -0.05) is 59.9 Å². The number of hydrogen-bond donors (Lipinski definition) is 1. The zero-order valence-corrected chi connectivity index (χ0v) is 19.7. The van der Waals surface area contributed by atoms with Gasteiger partial charge in [0.15, 0.2) is 16.3 Å². The molecule has 1 atom stereocenters. The SMILES string of the molecule is COc1cccc(C=c2sc3n(c2=O)C(c2cccc(F)c2)C2=C(N=3)c3ccccc3CC2)c1O. The first kappa shape index (κ1) is 21.6. The summed E-state index contributed by atoms with van der Waals surface area (Å²) in [6.45, 7) is 0. The van der Waals surface area contributed by atoms with Gasteiger partial charge in [-0.25, -0.2) is 9.38 Å². The Morgan fingerprint density at radius 1 is 1.11 bits per heavy atom. The fraction of sp³-hybridized carbons (Fsp3) is 0.143. The van der Waals surface area contributed by atoms with Crippen LogP contribution in [0.5, 0.6) is 11.5 Å². The average Bonchev–Trinajstić information content (AvgIpc) is 3.18. The number of benzene rings is 3. The van der Waals surface area contributed by atoms with Gasteiger partial charge in [0, 0.05) is 11.1 Å². The summed E-state index contributed by atoms with van der Waals surface area (Å²) in [5.74, 6) is -0.0479. The zero-order valence-electron chi connectivity index (χ0n) is 18.9. The Morgan fingerprint density at radius 3 is 2.77 bits per heavy atom. The molecule has 1 aliphatic heterocycles. The number of aryl methyl sites for hydroxylation is 1. The summed E-state index contributed by atoms with van der Waals surface area (Å²) in [6, 6.07) is 19.3. The summed E-state index contributed by atoms with van der Waals surface area (Å²) in [5, 5.41) is 10.5. The monoisotopic (exact) mass is 484 g/mol. The third kappa shape index (κ3) is 3.51. The molecule has 3 aromatic carbocycles. The predicted molar refractivity (Wildman–Crippen MR) is 134 cm³/mol. The maximum atomic E-state index is 14.3. The topological polar surface area (TPSA) is 63.8 Å². The zero-order chi connectivity index (χ0) is 24.1. The average molecular weight is 485 g/mol. The van der Waals surface area contributed by atoms with E-state index in [-0.39, 0.29) is 17.1 Å². The van der Waals surface area contributed by atoms with Crippen LogP contribution in [0.15, 0.2) is 82.1 Å². The highest BCUT2D eigenvalue weighted by Gasteiger charge is 2.32. The van der Waals surface area contributed by atoms with Crippen molar-refractivity contribution in [2.45, 2.75) is 18.9 Å². The number of aromatic hydroxyl groups is 1. The van der Waals surface area contributed by atoms with E-state index in [9.17, 15) is 14.3 Å². The standard InChI is InChI=1S/C28H21FN2O3S/c1-34-22-11-5-8-18(26(22)32)15-23-27(33)31-25(17-7-4-9-19(29)14-17)21-13-12-16-6-2-3-10-20(16)24(21)30-28(31)35-23/h2-11,14-15,25,32H,12-13H2,1H3. The number of aromatic nitrogens is 1. The molecule has 0 saturated heterocycles. The van der Waals surface area contributed by atoms with Crippen molar-refractivity contribution in [1.82, 2.24) is 4.57 Å². The predicted octanol–water partition coefficient (Wildman–Crippen LogP) is 4.17. The highest BCUT2D eigenvalue weighted by Crippen LogP contribution is 2.41. The fourth-order valence-electron chi connectivity index (χ4n) is 4.96. The number of thiazole rings is 1. The molecule has 0 amide bonds. The van der Waals surface area contributed by atoms with E-state index < -0.39 is 6.04 Å². The lowest BCUT2D eigenvalue weighted by molar-refractivity contribution is 0.373. The Kier molecular flexibility index (Phi) is 5.15. The summed E-state index contributed by atoms with van der Waals surface area (Å²) in [5.41, 5.74) is 5.10. The molecule has 174 valence electrons. The van der Waals surface area contributed by atoms with Crippen LogP contribution in [-0.4, -0.2) is 16.8 Å². The van der Waals surface area contributed by atoms with E-state index in [0.29, 0.717) is 26.2 Å². The van der Waals surface area contributed by atoms with Gasteiger partial charge < -0.3 is 9.84 Å². The summed E-state index contributed by atoms with van der Waals surface area (Å²) in [6.07, 6.45) is 3.22. The van der Waals surface area contributed by atoms with E-state index in [0.717, 1.165) is 29.7 Å². The van der Waals surface area contributed by atoms with E-state index in [1.54, 1.807) is 34.9 Å². The van der Waals surface area contributed by atoms with E-state index in [2.05, 4.69) is 12.1 Å². The smallest absolute Gasteiger partial charge is 0.271 e. The maximum absolute atomic E-state index is 14.3. The second-order valence-corrected chi connectivity index (χ2v) is 9.58. The van der Waals surface area contributed by atoms with Gasteiger partial charge in [-0.3, -0.25) is 9.36 Å². The van der Waals surface area contributed by atoms with Gasteiger partial charge in [0.1, 0.15) is 5.82 Å². The first-order valence-electron chi connectivity index (χ1n) is 11.3. The molecule has 2 aliphatic rings. The van der Waals surface area contributed by atoms with Crippen LogP contribution in [-0.2, 0) is 6.42 Å². The molecule has 0 bridgehead atoms. The van der Waals surface area contributed by atoms with Crippen molar-refractivity contribution in [3.05, 3.63) is 120 Å². The summed E-state index contributed by atoms with van der Waals surface area (Å²) in [7, 11) is 1.48. The molecular formula is C28H21FN2O3S. The minimum atomic E-state index is -0.452. The summed E-state index contributed by atoms with van der Waals surface area (Å²) < 4.78 is 21.6. The molecule has 1 aromatic heterocycles. The van der Waals surface area contributed by atoms with E-state index in [1.165, 1.54) is 36.1 Å². The molecule has 5 nitrogen and oxygen atoms in total. The van der Waals surface area contributed by atoms with Crippen molar-refractivity contribution >= 4 is 23.1 Å². The van der Waals surface area contributed by atoms with E-state index in [1.807, 2.05) is 18.2 Å². The van der Waals surface area contributed by atoms with Crippen molar-refractivity contribution < 1.29 is 14.2 Å². The number of hydrogen-bond acceptors (Lipinski definition) is 5. The molecule has 7 heteroatoms. The number of para-hydroxylation sites is 1. The van der Waals surface area contributed by atoms with Gasteiger partial charge in [0.25, 0.3) is 5.56 Å². The number of methoxy groups -OCH3 is 1. The van der Waals surface area contributed by atoms with Crippen molar-refractivity contribution in [2.75, 3.05) is 7.11 Å². The maximum Gasteiger partial charge on any atom is 0.271 e. The number of nitrogens with zero attached hydrogens (tertiary/aromatic N) is 2. The largest absolute Gasteiger partial charge is 0.504 e. The molecule has 0 radical (unpaired) electrons.